The Balaban J connectivity index is 1.63. The molecule has 3 rings (SSSR count). The zero-order valence-electron chi connectivity index (χ0n) is 14.6. The fraction of sp³-hybridized carbons (Fsp3) is 0.882. The summed E-state index contributed by atoms with van der Waals surface area (Å²) in [6.07, 6.45) is 4.03. The fourth-order valence-corrected chi connectivity index (χ4v) is 4.72. The normalized spacial score (nSPS) is 37.8. The molecule has 24 heavy (non-hydrogen) atoms. The van der Waals surface area contributed by atoms with E-state index in [1.807, 2.05) is 0 Å². The van der Waals surface area contributed by atoms with Gasteiger partial charge in [0.1, 0.15) is 18.8 Å². The molecule has 0 aromatic heterocycles. The molecular weight excluding hydrogens is 310 g/mol. The molecule has 1 aliphatic carbocycles. The maximum Gasteiger partial charge on any atom is 0.323 e. The summed E-state index contributed by atoms with van der Waals surface area (Å²) in [5.41, 5.74) is 0. The number of carboxylic acids is 1. The van der Waals surface area contributed by atoms with Gasteiger partial charge in [0.2, 0.25) is 0 Å². The molecule has 0 aromatic carbocycles. The van der Waals surface area contributed by atoms with Gasteiger partial charge in [-0.3, -0.25) is 9.69 Å². The second-order valence-electron chi connectivity index (χ2n) is 7.67. The highest BCUT2D eigenvalue weighted by Crippen LogP contribution is 2.31. The van der Waals surface area contributed by atoms with Crippen LogP contribution in [-0.2, 0) is 14.3 Å². The maximum absolute atomic E-state index is 12.3. The van der Waals surface area contributed by atoms with E-state index in [0.29, 0.717) is 30.8 Å². The number of methoxy groups -OCH3 is 1. The summed E-state index contributed by atoms with van der Waals surface area (Å²) in [6, 6.07) is 0.771. The van der Waals surface area contributed by atoms with Gasteiger partial charge in [-0.2, -0.15) is 0 Å². The predicted octanol–water partition coefficient (Wildman–Crippen LogP) is -2.01. The Hall–Kier alpha value is -1.18. The average molecular weight is 339 g/mol. The summed E-state index contributed by atoms with van der Waals surface area (Å²) in [6.45, 7) is 2.72. The molecule has 3 atom stereocenters. The van der Waals surface area contributed by atoms with E-state index in [1.54, 1.807) is 0 Å². The van der Waals surface area contributed by atoms with Gasteiger partial charge >= 0.3 is 5.97 Å². The number of carbonyl (C=O) groups excluding carboxylic acids is 2. The van der Waals surface area contributed by atoms with Crippen molar-refractivity contribution < 1.29 is 24.7 Å². The topological polar surface area (TPSA) is 89.5 Å². The molecule has 3 fully saturated rings. The van der Waals surface area contributed by atoms with Gasteiger partial charge in [-0.05, 0) is 44.6 Å². The molecule has 7 nitrogen and oxygen atoms in total. The number of carboxylic acid groups (broad SMARTS) is 1. The maximum atomic E-state index is 12.3. The van der Waals surface area contributed by atoms with E-state index in [0.717, 1.165) is 39.0 Å². The summed E-state index contributed by atoms with van der Waals surface area (Å²) in [5.74, 6) is -0.886. The number of likely N-dealkylation sites (tertiary alicyclic amines) is 1. The van der Waals surface area contributed by atoms with E-state index >= 15 is 0 Å². The first kappa shape index (κ1) is 17.6. The summed E-state index contributed by atoms with van der Waals surface area (Å²) in [5, 5.41) is 13.3. The molecule has 0 radical (unpaired) electrons. The number of ether oxygens (including phenoxy) is 1. The molecule has 0 bridgehead atoms. The molecule has 2 aliphatic heterocycles. The highest BCUT2D eigenvalue weighted by Gasteiger charge is 2.46. The van der Waals surface area contributed by atoms with Crippen molar-refractivity contribution >= 4 is 11.9 Å². The van der Waals surface area contributed by atoms with Crippen molar-refractivity contribution in [3.63, 3.8) is 0 Å². The first-order valence-electron chi connectivity index (χ1n) is 9.06. The molecule has 136 valence electrons. The van der Waals surface area contributed by atoms with Crippen LogP contribution in [0.2, 0.25) is 0 Å². The molecule has 1 saturated carbocycles. The molecule has 2 saturated heterocycles. The summed E-state index contributed by atoms with van der Waals surface area (Å²) < 4.78 is 5.04. The molecule has 0 spiro atoms. The standard InChI is InChI=1S/C17H29N3O4/c1-19-10-18-13-7-14(17(23)24-2)20(9-15(13)19)8-11-3-5-12(6-4-11)16(21)22/h11-15,18H,3-10H2,1-2H3,(H,21,22). The number of carbonyl (C=O) groups is 2. The number of nitrogens with zero attached hydrogens (tertiary/aromatic N) is 2. The molecule has 3 aliphatic rings. The SMILES string of the molecule is COC(=O)C1CC2[NH2+]CN(C)C2CN1CC1CCC(C(=O)[O-])CC1. The van der Waals surface area contributed by atoms with Gasteiger partial charge in [0.05, 0.1) is 13.2 Å². The number of rotatable bonds is 4. The lowest BCUT2D eigenvalue weighted by molar-refractivity contribution is -0.678. The minimum Gasteiger partial charge on any atom is -0.550 e. The largest absolute Gasteiger partial charge is 0.550 e. The van der Waals surface area contributed by atoms with Crippen LogP contribution in [-0.4, -0.2) is 73.8 Å². The lowest BCUT2D eigenvalue weighted by Gasteiger charge is -2.42. The number of hydrogen-bond donors (Lipinski definition) is 1. The Morgan fingerprint density at radius 2 is 1.96 bits per heavy atom. The van der Waals surface area contributed by atoms with Crippen LogP contribution in [0.15, 0.2) is 0 Å². The first-order valence-corrected chi connectivity index (χ1v) is 9.06. The second kappa shape index (κ2) is 7.37. The smallest absolute Gasteiger partial charge is 0.323 e. The lowest BCUT2D eigenvalue weighted by Crippen LogP contribution is -2.89. The van der Waals surface area contributed by atoms with Gasteiger partial charge < -0.3 is 20.0 Å². The minimum atomic E-state index is -0.912. The van der Waals surface area contributed by atoms with Gasteiger partial charge in [0.25, 0.3) is 0 Å². The Labute approximate surface area is 143 Å². The summed E-state index contributed by atoms with van der Waals surface area (Å²) >= 11 is 0. The number of hydrogen-bond acceptors (Lipinski definition) is 6. The molecular formula is C17H29N3O4. The van der Waals surface area contributed by atoms with Crippen LogP contribution in [0.1, 0.15) is 32.1 Å². The number of aliphatic carboxylic acids is 1. The zero-order chi connectivity index (χ0) is 17.3. The monoisotopic (exact) mass is 339 g/mol. The Morgan fingerprint density at radius 1 is 1.25 bits per heavy atom. The van der Waals surface area contributed by atoms with Crippen molar-refractivity contribution in [2.24, 2.45) is 11.8 Å². The van der Waals surface area contributed by atoms with E-state index in [9.17, 15) is 14.7 Å². The number of piperidine rings is 1. The second-order valence-corrected chi connectivity index (χ2v) is 7.67. The van der Waals surface area contributed by atoms with Crippen LogP contribution in [0.3, 0.4) is 0 Å². The molecule has 3 unspecified atom stereocenters. The van der Waals surface area contributed by atoms with E-state index in [1.165, 1.54) is 7.11 Å². The van der Waals surface area contributed by atoms with Gasteiger partial charge in [0.15, 0.2) is 0 Å². The summed E-state index contributed by atoms with van der Waals surface area (Å²) in [7, 11) is 3.60. The molecule has 2 N–H and O–H groups in total. The molecule has 0 amide bonds. The van der Waals surface area contributed by atoms with Crippen LogP contribution in [0.5, 0.6) is 0 Å². The quantitative estimate of drug-likeness (QED) is 0.596. The Morgan fingerprint density at radius 3 is 2.58 bits per heavy atom. The summed E-state index contributed by atoms with van der Waals surface area (Å²) in [4.78, 5) is 27.9. The van der Waals surface area contributed by atoms with Crippen LogP contribution in [0.25, 0.3) is 0 Å². The van der Waals surface area contributed by atoms with Crippen molar-refractivity contribution in [1.29, 1.82) is 0 Å². The van der Waals surface area contributed by atoms with E-state index in [4.69, 9.17) is 4.74 Å². The number of likely N-dealkylation sites (N-methyl/N-ethyl adjacent to an activating group) is 1. The molecule has 2 heterocycles. The number of nitrogens with two attached hydrogens (primary N) is 1. The number of fused-ring (bicyclic) bond motifs is 1. The average Bonchev–Trinajstić information content (AvgIpc) is 2.94. The zero-order valence-corrected chi connectivity index (χ0v) is 14.6. The lowest BCUT2D eigenvalue weighted by atomic mass is 9.81. The van der Waals surface area contributed by atoms with Crippen LogP contribution >= 0.6 is 0 Å². The van der Waals surface area contributed by atoms with Crippen molar-refractivity contribution in [3.05, 3.63) is 0 Å². The molecule has 0 aromatic rings. The minimum absolute atomic E-state index is 0.139. The number of esters is 1. The van der Waals surface area contributed by atoms with Gasteiger partial charge in [-0.25, -0.2) is 4.90 Å². The van der Waals surface area contributed by atoms with Gasteiger partial charge in [0, 0.05) is 25.5 Å². The van der Waals surface area contributed by atoms with E-state index in [-0.39, 0.29) is 17.9 Å². The van der Waals surface area contributed by atoms with E-state index in [2.05, 4.69) is 22.2 Å². The highest BCUT2D eigenvalue weighted by atomic mass is 16.5. The van der Waals surface area contributed by atoms with Gasteiger partial charge in [-0.15, -0.1) is 0 Å². The fourth-order valence-electron chi connectivity index (χ4n) is 4.72. The molecule has 7 heteroatoms. The van der Waals surface area contributed by atoms with Crippen molar-refractivity contribution in [1.82, 2.24) is 9.80 Å². The highest BCUT2D eigenvalue weighted by molar-refractivity contribution is 5.76. The van der Waals surface area contributed by atoms with E-state index < -0.39 is 5.97 Å². The third-order valence-electron chi connectivity index (χ3n) is 6.26. The predicted molar refractivity (Wildman–Crippen MR) is 84.6 cm³/mol. The Bertz CT molecular complexity index is 478. The first-order chi connectivity index (χ1) is 11.5. The Kier molecular flexibility index (Phi) is 5.42. The van der Waals surface area contributed by atoms with Crippen LogP contribution in [0, 0.1) is 11.8 Å². The van der Waals surface area contributed by atoms with Crippen LogP contribution in [0.4, 0.5) is 0 Å². The van der Waals surface area contributed by atoms with Crippen molar-refractivity contribution in [3.8, 4) is 0 Å². The van der Waals surface area contributed by atoms with Crippen molar-refractivity contribution in [2.75, 3.05) is 33.9 Å². The van der Waals surface area contributed by atoms with Crippen LogP contribution < -0.4 is 10.4 Å². The van der Waals surface area contributed by atoms with Gasteiger partial charge in [-0.1, -0.05) is 0 Å². The third-order valence-corrected chi connectivity index (χ3v) is 6.26. The third kappa shape index (κ3) is 3.58. The number of quaternary nitrogens is 1. The van der Waals surface area contributed by atoms with Crippen molar-refractivity contribution in [2.45, 2.75) is 50.2 Å².